The molecule has 0 bridgehead atoms. The molecule has 1 aromatic heterocycles. The second-order valence-electron chi connectivity index (χ2n) is 8.76. The topological polar surface area (TPSA) is 88.9 Å². The first-order valence-corrected chi connectivity index (χ1v) is 11.7. The highest BCUT2D eigenvalue weighted by molar-refractivity contribution is 7.09. The zero-order valence-electron chi connectivity index (χ0n) is 16.8. The number of benzene rings is 1. The van der Waals surface area contributed by atoms with Crippen molar-refractivity contribution in [2.24, 2.45) is 17.8 Å². The molecule has 1 saturated heterocycles. The van der Waals surface area contributed by atoms with Crippen molar-refractivity contribution in [3.05, 3.63) is 45.4 Å². The monoisotopic (exact) mass is 429 g/mol. The van der Waals surface area contributed by atoms with Crippen LogP contribution in [0, 0.1) is 17.8 Å². The van der Waals surface area contributed by atoms with Crippen LogP contribution < -0.4 is 4.74 Å². The summed E-state index contributed by atoms with van der Waals surface area (Å²) >= 11 is 1.35. The van der Waals surface area contributed by atoms with E-state index < -0.39 is 5.97 Å². The van der Waals surface area contributed by atoms with Crippen molar-refractivity contribution in [3.8, 4) is 5.75 Å². The van der Waals surface area contributed by atoms with Crippen LogP contribution in [0.3, 0.4) is 0 Å². The predicted octanol–water partition coefficient (Wildman–Crippen LogP) is 3.87. The summed E-state index contributed by atoms with van der Waals surface area (Å²) in [6.07, 6.45) is 5.42. The van der Waals surface area contributed by atoms with Gasteiger partial charge in [-0.1, -0.05) is 6.07 Å². The number of thiazole rings is 1. The fourth-order valence-corrected chi connectivity index (χ4v) is 6.27. The fraction of sp³-hybridized carbons (Fsp3) is 0.565. The minimum atomic E-state index is -1.00. The summed E-state index contributed by atoms with van der Waals surface area (Å²) in [5.41, 5.74) is 2.91. The largest absolute Gasteiger partial charge is 0.493 e. The Labute approximate surface area is 179 Å². The molecule has 2 aromatic rings. The number of hydrogen-bond donors (Lipinski definition) is 2. The van der Waals surface area contributed by atoms with Crippen LogP contribution in [0.1, 0.15) is 58.4 Å². The molecular formula is C23H27NO5S. The summed E-state index contributed by atoms with van der Waals surface area (Å²) in [6, 6.07) is 6.39. The van der Waals surface area contributed by atoms with Crippen LogP contribution in [0.4, 0.5) is 0 Å². The van der Waals surface area contributed by atoms with Crippen molar-refractivity contribution in [2.75, 3.05) is 13.2 Å². The number of aromatic carboxylic acids is 1. The van der Waals surface area contributed by atoms with E-state index in [4.69, 9.17) is 14.6 Å². The van der Waals surface area contributed by atoms with Crippen molar-refractivity contribution in [3.63, 3.8) is 0 Å². The maximum absolute atomic E-state index is 11.1. The number of nitrogens with zero attached hydrogens (tertiary/aromatic N) is 1. The third-order valence-electron chi connectivity index (χ3n) is 7.00. The van der Waals surface area contributed by atoms with Crippen molar-refractivity contribution in [1.29, 1.82) is 0 Å². The summed E-state index contributed by atoms with van der Waals surface area (Å²) in [4.78, 5) is 15.3. The number of hydrogen-bond acceptors (Lipinski definition) is 6. The Morgan fingerprint density at radius 1 is 1.27 bits per heavy atom. The van der Waals surface area contributed by atoms with Crippen molar-refractivity contribution in [1.82, 2.24) is 4.98 Å². The Hall–Kier alpha value is -1.96. The van der Waals surface area contributed by atoms with Crippen molar-refractivity contribution < 1.29 is 24.5 Å². The summed E-state index contributed by atoms with van der Waals surface area (Å²) in [5.74, 6) is 0.639. The second kappa shape index (κ2) is 8.29. The molecule has 2 heterocycles. The minimum absolute atomic E-state index is 0.0825. The Morgan fingerprint density at radius 2 is 2.13 bits per heavy atom. The van der Waals surface area contributed by atoms with Crippen molar-refractivity contribution in [2.45, 2.75) is 50.7 Å². The third-order valence-corrected chi connectivity index (χ3v) is 7.93. The number of ether oxygens (including phenoxy) is 2. The smallest absolute Gasteiger partial charge is 0.355 e. The van der Waals surface area contributed by atoms with Gasteiger partial charge in [-0.3, -0.25) is 0 Å². The first-order valence-electron chi connectivity index (χ1n) is 10.8. The maximum Gasteiger partial charge on any atom is 0.355 e. The Morgan fingerprint density at radius 3 is 2.97 bits per heavy atom. The van der Waals surface area contributed by atoms with Gasteiger partial charge in [-0.25, -0.2) is 9.78 Å². The third kappa shape index (κ3) is 3.86. The number of aliphatic hydroxyl groups excluding tert-OH is 1. The van der Waals surface area contributed by atoms with Gasteiger partial charge in [0.2, 0.25) is 0 Å². The van der Waals surface area contributed by atoms with E-state index in [0.717, 1.165) is 42.9 Å². The lowest BCUT2D eigenvalue weighted by atomic mass is 9.86. The van der Waals surface area contributed by atoms with Crippen LogP contribution in [-0.4, -0.2) is 40.5 Å². The van der Waals surface area contributed by atoms with Crippen LogP contribution in [0.25, 0.3) is 0 Å². The summed E-state index contributed by atoms with van der Waals surface area (Å²) in [5, 5.41) is 22.1. The molecule has 3 aliphatic rings. The number of carboxylic acid groups (broad SMARTS) is 1. The van der Waals surface area contributed by atoms with Crippen molar-refractivity contribution >= 4 is 17.3 Å². The molecule has 2 N–H and O–H groups in total. The maximum atomic E-state index is 11.1. The van der Waals surface area contributed by atoms with Crippen LogP contribution in [-0.2, 0) is 17.6 Å². The molecule has 30 heavy (non-hydrogen) atoms. The van der Waals surface area contributed by atoms with Gasteiger partial charge in [0.25, 0.3) is 0 Å². The first-order chi connectivity index (χ1) is 14.6. The Balaban J connectivity index is 1.23. The molecule has 2 fully saturated rings. The van der Waals surface area contributed by atoms with Crippen LogP contribution in [0.2, 0.25) is 0 Å². The van der Waals surface area contributed by atoms with Gasteiger partial charge < -0.3 is 19.7 Å². The van der Waals surface area contributed by atoms with Gasteiger partial charge in [0.1, 0.15) is 16.9 Å². The summed E-state index contributed by atoms with van der Waals surface area (Å²) in [6.45, 7) is 1.09. The lowest BCUT2D eigenvalue weighted by Gasteiger charge is -2.24. The number of aromatic nitrogens is 1. The number of carbonyl (C=O) groups is 1. The first kappa shape index (κ1) is 20.0. The SMILES string of the molecule is O=C(O)c1csc([C@H]2CC[C@H]3[C@@H](CO2)C[C@@H](O)[C@@H]3COc2ccc3c(c2)CCC3)n1. The van der Waals surface area contributed by atoms with E-state index in [2.05, 4.69) is 23.2 Å². The number of aliphatic hydroxyl groups is 1. The van der Waals surface area contributed by atoms with Gasteiger partial charge in [-0.05, 0) is 73.6 Å². The Kier molecular flexibility index (Phi) is 5.52. The van der Waals surface area contributed by atoms with Gasteiger partial charge in [0.05, 0.1) is 19.3 Å². The quantitative estimate of drug-likeness (QED) is 0.750. The zero-order chi connectivity index (χ0) is 20.7. The Bertz CT molecular complexity index is 928. The van der Waals surface area contributed by atoms with E-state index in [1.807, 2.05) is 0 Å². The van der Waals surface area contributed by atoms with E-state index >= 15 is 0 Å². The van der Waals surface area contributed by atoms with E-state index in [-0.39, 0.29) is 23.8 Å². The molecule has 7 heteroatoms. The molecule has 1 saturated carbocycles. The second-order valence-corrected chi connectivity index (χ2v) is 9.65. The van der Waals surface area contributed by atoms with E-state index in [0.29, 0.717) is 25.0 Å². The lowest BCUT2D eigenvalue weighted by Crippen LogP contribution is -2.27. The molecule has 6 nitrogen and oxygen atoms in total. The normalized spacial score (nSPS) is 30.5. The highest BCUT2D eigenvalue weighted by Gasteiger charge is 2.44. The molecule has 0 spiro atoms. The van der Waals surface area contributed by atoms with Crippen LogP contribution >= 0.6 is 11.3 Å². The number of fused-ring (bicyclic) bond motifs is 2. The van der Waals surface area contributed by atoms with E-state index in [1.54, 1.807) is 5.38 Å². The average Bonchev–Trinajstić information content (AvgIpc) is 3.43. The van der Waals surface area contributed by atoms with Crippen LogP contribution in [0.5, 0.6) is 5.75 Å². The van der Waals surface area contributed by atoms with Gasteiger partial charge in [-0.15, -0.1) is 11.3 Å². The van der Waals surface area contributed by atoms with Gasteiger partial charge in [-0.2, -0.15) is 0 Å². The molecule has 0 amide bonds. The highest BCUT2D eigenvalue weighted by atomic mass is 32.1. The molecule has 160 valence electrons. The van der Waals surface area contributed by atoms with E-state index in [9.17, 15) is 9.90 Å². The van der Waals surface area contributed by atoms with E-state index in [1.165, 1.54) is 28.9 Å². The molecule has 1 aliphatic heterocycles. The molecule has 2 aliphatic carbocycles. The molecule has 1 aromatic carbocycles. The standard InChI is InChI=1S/C23H27NO5S/c25-20-9-15-10-29-21(22-24-19(12-30-22)23(26)27)7-6-17(15)18(20)11-28-16-5-4-13-2-1-3-14(13)8-16/h4-5,8,12,15,17-18,20-21,25H,1-3,6-7,9-11H2,(H,26,27)/t15-,17+,18-,20-,21-/m1/s1. The van der Waals surface area contributed by atoms with Crippen LogP contribution in [0.15, 0.2) is 23.6 Å². The lowest BCUT2D eigenvalue weighted by molar-refractivity contribution is 0.0333. The summed E-state index contributed by atoms with van der Waals surface area (Å²) in [7, 11) is 0. The molecule has 0 radical (unpaired) electrons. The summed E-state index contributed by atoms with van der Waals surface area (Å²) < 4.78 is 12.2. The van der Waals surface area contributed by atoms with Gasteiger partial charge in [0, 0.05) is 11.3 Å². The molecule has 5 atom stereocenters. The zero-order valence-corrected chi connectivity index (χ0v) is 17.6. The number of rotatable bonds is 5. The average molecular weight is 430 g/mol. The minimum Gasteiger partial charge on any atom is -0.493 e. The molecule has 5 rings (SSSR count). The highest BCUT2D eigenvalue weighted by Crippen LogP contribution is 2.45. The number of carboxylic acids is 1. The molecular weight excluding hydrogens is 402 g/mol. The number of aryl methyl sites for hydroxylation is 2. The predicted molar refractivity (Wildman–Crippen MR) is 112 cm³/mol. The molecule has 0 unspecified atom stereocenters. The van der Waals surface area contributed by atoms with Gasteiger partial charge >= 0.3 is 5.97 Å². The van der Waals surface area contributed by atoms with Gasteiger partial charge in [0.15, 0.2) is 5.69 Å². The fourth-order valence-electron chi connectivity index (χ4n) is 5.40.